The first-order valence-corrected chi connectivity index (χ1v) is 10.5. The number of fused-ring (bicyclic) bond motifs is 3. The molecule has 2 aromatic carbocycles. The van der Waals surface area contributed by atoms with Crippen LogP contribution in [0.1, 0.15) is 34.6 Å². The second kappa shape index (κ2) is 9.55. The zero-order valence-corrected chi connectivity index (χ0v) is 18.0. The third kappa shape index (κ3) is 5.12. The van der Waals surface area contributed by atoms with E-state index >= 15 is 0 Å². The number of carbonyl (C=O) groups is 1. The number of alkyl halides is 3. The largest absolute Gasteiger partial charge is 0.449 e. The van der Waals surface area contributed by atoms with Crippen molar-refractivity contribution in [1.82, 2.24) is 10.3 Å². The molecule has 4 rings (SSSR count). The molecule has 4 nitrogen and oxygen atoms in total. The fourth-order valence-corrected chi connectivity index (χ4v) is 3.97. The predicted molar refractivity (Wildman–Crippen MR) is 119 cm³/mol. The lowest BCUT2D eigenvalue weighted by atomic mass is 9.98. The van der Waals surface area contributed by atoms with Crippen molar-refractivity contribution in [2.24, 2.45) is 0 Å². The van der Waals surface area contributed by atoms with Crippen LogP contribution in [-0.4, -0.2) is 24.2 Å². The number of hydrogen-bond donors (Lipinski definition) is 1. The highest BCUT2D eigenvalue weighted by Gasteiger charge is 2.34. The van der Waals surface area contributed by atoms with Crippen LogP contribution < -0.4 is 5.32 Å². The van der Waals surface area contributed by atoms with Crippen LogP contribution in [0.25, 0.3) is 11.1 Å². The van der Waals surface area contributed by atoms with Gasteiger partial charge in [0.1, 0.15) is 11.8 Å². The summed E-state index contributed by atoms with van der Waals surface area (Å²) >= 11 is 5.49. The lowest BCUT2D eigenvalue weighted by molar-refractivity contribution is -0.137. The zero-order valence-electron chi connectivity index (χ0n) is 17.2. The predicted octanol–water partition coefficient (Wildman–Crippen LogP) is 6.03. The van der Waals surface area contributed by atoms with Crippen LogP contribution in [-0.2, 0) is 10.9 Å². The van der Waals surface area contributed by atoms with Crippen LogP contribution in [0, 0.1) is 11.8 Å². The van der Waals surface area contributed by atoms with Crippen molar-refractivity contribution in [3.63, 3.8) is 0 Å². The lowest BCUT2D eigenvalue weighted by Gasteiger charge is -2.14. The summed E-state index contributed by atoms with van der Waals surface area (Å²) in [5.74, 6) is 5.26. The average Bonchev–Trinajstić information content (AvgIpc) is 3.11. The SMILES string of the molecule is O=C(NCCC#Cc1cnc(Cl)c(C(F)(F)F)c1)OCC1c2ccccc2-c2ccccc21. The number of hydrogen-bond acceptors (Lipinski definition) is 3. The number of nitrogens with zero attached hydrogens (tertiary/aromatic N) is 1. The molecule has 0 unspecified atom stereocenters. The van der Waals surface area contributed by atoms with Crippen LogP contribution in [0.15, 0.2) is 60.8 Å². The molecule has 0 radical (unpaired) electrons. The van der Waals surface area contributed by atoms with Crippen LogP contribution >= 0.6 is 11.6 Å². The standard InChI is InChI=1S/C25H18ClF3N2O2/c26-23-22(25(27,28)29)13-16(14-31-23)7-5-6-12-30-24(32)33-15-21-19-10-3-1-8-17(19)18-9-2-4-11-20(18)21/h1-4,8-11,13-14,21H,6,12,15H2,(H,30,32). The van der Waals surface area contributed by atoms with E-state index in [-0.39, 0.29) is 31.1 Å². The molecule has 3 aromatic rings. The molecule has 0 atom stereocenters. The van der Waals surface area contributed by atoms with Gasteiger partial charge in [-0.2, -0.15) is 13.2 Å². The van der Waals surface area contributed by atoms with E-state index in [1.165, 1.54) is 6.20 Å². The summed E-state index contributed by atoms with van der Waals surface area (Å²) < 4.78 is 44.0. The summed E-state index contributed by atoms with van der Waals surface area (Å²) in [5, 5.41) is 1.98. The molecule has 0 aliphatic heterocycles. The molecule has 0 spiro atoms. The monoisotopic (exact) mass is 470 g/mol. The van der Waals surface area contributed by atoms with Gasteiger partial charge in [0, 0.05) is 30.6 Å². The van der Waals surface area contributed by atoms with Crippen molar-refractivity contribution >= 4 is 17.7 Å². The van der Waals surface area contributed by atoms with E-state index < -0.39 is 23.0 Å². The topological polar surface area (TPSA) is 51.2 Å². The van der Waals surface area contributed by atoms with Crippen LogP contribution in [0.3, 0.4) is 0 Å². The number of benzene rings is 2. The van der Waals surface area contributed by atoms with E-state index in [9.17, 15) is 18.0 Å². The second-order valence-corrected chi connectivity index (χ2v) is 7.72. The van der Waals surface area contributed by atoms with E-state index in [1.807, 2.05) is 36.4 Å². The highest BCUT2D eigenvalue weighted by Crippen LogP contribution is 2.44. The highest BCUT2D eigenvalue weighted by molar-refractivity contribution is 6.30. The Balaban J connectivity index is 1.29. The molecule has 1 aromatic heterocycles. The molecule has 1 aliphatic rings. The molecule has 1 amide bonds. The summed E-state index contributed by atoms with van der Waals surface area (Å²) in [6, 6.07) is 16.9. The first-order valence-electron chi connectivity index (χ1n) is 10.1. The number of ether oxygens (including phenoxy) is 1. The summed E-state index contributed by atoms with van der Waals surface area (Å²) in [6.07, 6.45) is -3.78. The van der Waals surface area contributed by atoms with Gasteiger partial charge in [-0.3, -0.25) is 0 Å². The van der Waals surface area contributed by atoms with Crippen molar-refractivity contribution in [2.75, 3.05) is 13.2 Å². The number of halogens is 4. The summed E-state index contributed by atoms with van der Waals surface area (Å²) in [7, 11) is 0. The maximum absolute atomic E-state index is 12.9. The van der Waals surface area contributed by atoms with Crippen LogP contribution in [0.2, 0.25) is 5.15 Å². The average molecular weight is 471 g/mol. The molecular weight excluding hydrogens is 453 g/mol. The Kier molecular flexibility index (Phi) is 6.57. The Bertz CT molecular complexity index is 1200. The zero-order chi connectivity index (χ0) is 23.4. The third-order valence-corrected chi connectivity index (χ3v) is 5.54. The number of rotatable bonds is 4. The molecule has 0 bridgehead atoms. The highest BCUT2D eigenvalue weighted by atomic mass is 35.5. The lowest BCUT2D eigenvalue weighted by Crippen LogP contribution is -2.26. The van der Waals surface area contributed by atoms with Crippen molar-refractivity contribution < 1.29 is 22.7 Å². The van der Waals surface area contributed by atoms with Gasteiger partial charge in [-0.1, -0.05) is 72.0 Å². The number of amides is 1. The van der Waals surface area contributed by atoms with Gasteiger partial charge < -0.3 is 10.1 Å². The van der Waals surface area contributed by atoms with Crippen molar-refractivity contribution in [1.29, 1.82) is 0 Å². The van der Waals surface area contributed by atoms with Gasteiger partial charge in [-0.05, 0) is 28.3 Å². The number of pyridine rings is 1. The summed E-state index contributed by atoms with van der Waals surface area (Å²) in [5.41, 5.74) is 3.57. The fraction of sp³-hybridized carbons (Fsp3) is 0.200. The maximum atomic E-state index is 12.9. The van der Waals surface area contributed by atoms with Gasteiger partial charge in [-0.25, -0.2) is 9.78 Å². The molecule has 33 heavy (non-hydrogen) atoms. The van der Waals surface area contributed by atoms with Crippen LogP contribution in [0.5, 0.6) is 0 Å². The minimum Gasteiger partial charge on any atom is -0.449 e. The Morgan fingerprint density at radius 3 is 2.36 bits per heavy atom. The number of aromatic nitrogens is 1. The molecule has 1 N–H and O–H groups in total. The first-order chi connectivity index (χ1) is 15.8. The van der Waals surface area contributed by atoms with Crippen molar-refractivity contribution in [2.45, 2.75) is 18.5 Å². The Labute approximate surface area is 193 Å². The van der Waals surface area contributed by atoms with Gasteiger partial charge >= 0.3 is 12.3 Å². The minimum atomic E-state index is -4.60. The number of alkyl carbamates (subject to hydrolysis) is 1. The summed E-state index contributed by atoms with van der Waals surface area (Å²) in [4.78, 5) is 15.6. The normalized spacial score (nSPS) is 12.4. The maximum Gasteiger partial charge on any atom is 0.419 e. The van der Waals surface area contributed by atoms with Crippen molar-refractivity contribution in [3.05, 3.63) is 88.2 Å². The minimum absolute atomic E-state index is 0.0387. The first kappa shape index (κ1) is 22.7. The van der Waals surface area contributed by atoms with E-state index in [1.54, 1.807) is 0 Å². The molecule has 0 fully saturated rings. The number of carbonyl (C=O) groups excluding carboxylic acids is 1. The van der Waals surface area contributed by atoms with Gasteiger partial charge in [-0.15, -0.1) is 0 Å². The van der Waals surface area contributed by atoms with E-state index in [0.717, 1.165) is 28.3 Å². The van der Waals surface area contributed by atoms with E-state index in [4.69, 9.17) is 16.3 Å². The molecule has 0 saturated heterocycles. The molecule has 168 valence electrons. The molecule has 0 saturated carbocycles. The molecule has 1 aliphatic carbocycles. The fourth-order valence-electron chi connectivity index (χ4n) is 3.76. The second-order valence-electron chi connectivity index (χ2n) is 7.36. The van der Waals surface area contributed by atoms with Crippen LogP contribution in [0.4, 0.5) is 18.0 Å². The van der Waals surface area contributed by atoms with Crippen molar-refractivity contribution in [3.8, 4) is 23.0 Å². The molecular formula is C25H18ClF3N2O2. The van der Waals surface area contributed by atoms with Gasteiger partial charge in [0.15, 0.2) is 0 Å². The van der Waals surface area contributed by atoms with Gasteiger partial charge in [0.05, 0.1) is 5.56 Å². The Morgan fingerprint density at radius 1 is 1.09 bits per heavy atom. The van der Waals surface area contributed by atoms with Gasteiger partial charge in [0.25, 0.3) is 0 Å². The third-order valence-electron chi connectivity index (χ3n) is 5.24. The Hall–Kier alpha value is -3.50. The van der Waals surface area contributed by atoms with E-state index in [0.29, 0.717) is 0 Å². The number of nitrogens with one attached hydrogen (secondary N) is 1. The quantitative estimate of drug-likeness (QED) is 0.287. The molecule has 1 heterocycles. The Morgan fingerprint density at radius 2 is 1.73 bits per heavy atom. The molecule has 8 heteroatoms. The van der Waals surface area contributed by atoms with E-state index in [2.05, 4.69) is 34.3 Å². The van der Waals surface area contributed by atoms with Gasteiger partial charge in [0.2, 0.25) is 0 Å². The summed E-state index contributed by atoms with van der Waals surface area (Å²) in [6.45, 7) is 0.388. The smallest absolute Gasteiger partial charge is 0.419 e.